The summed E-state index contributed by atoms with van der Waals surface area (Å²) in [6.45, 7) is 9.48. The summed E-state index contributed by atoms with van der Waals surface area (Å²) < 4.78 is 5.10. The molecule has 0 saturated heterocycles. The first-order chi connectivity index (χ1) is 16.6. The van der Waals surface area contributed by atoms with Crippen molar-refractivity contribution in [2.24, 2.45) is 0 Å². The van der Waals surface area contributed by atoms with Crippen LogP contribution in [0.15, 0.2) is 71.6 Å². The average molecular weight is 477 g/mol. The largest absolute Gasteiger partial charge is 0.459 e. The molecule has 8 nitrogen and oxygen atoms in total. The van der Waals surface area contributed by atoms with E-state index < -0.39 is 23.4 Å². The molecule has 1 aromatic carbocycles. The monoisotopic (exact) mass is 476 g/mol. The Bertz CT molecular complexity index is 1130. The Kier molecular flexibility index (Phi) is 8.06. The molecule has 184 valence electrons. The quantitative estimate of drug-likeness (QED) is 0.507. The van der Waals surface area contributed by atoms with Gasteiger partial charge in [0, 0.05) is 11.7 Å². The molecular formula is C27H32N4O4. The topological polar surface area (TPSA) is 105 Å². The van der Waals surface area contributed by atoms with Gasteiger partial charge in [-0.15, -0.1) is 0 Å². The van der Waals surface area contributed by atoms with Gasteiger partial charge in [0.25, 0.3) is 5.91 Å². The Balaban J connectivity index is 2.00. The van der Waals surface area contributed by atoms with Crippen molar-refractivity contribution in [3.05, 3.63) is 84.1 Å². The number of nitrogens with zero attached hydrogens (tertiary/aromatic N) is 2. The van der Waals surface area contributed by atoms with Crippen molar-refractivity contribution in [2.45, 2.75) is 52.1 Å². The fraction of sp³-hybridized carbons (Fsp3) is 0.333. The van der Waals surface area contributed by atoms with E-state index in [2.05, 4.69) is 29.5 Å². The highest BCUT2D eigenvalue weighted by Crippen LogP contribution is 2.29. The molecule has 0 fully saturated rings. The number of amides is 3. The van der Waals surface area contributed by atoms with Crippen molar-refractivity contribution >= 4 is 23.4 Å². The van der Waals surface area contributed by atoms with Crippen LogP contribution in [0, 0.1) is 0 Å². The highest BCUT2D eigenvalue weighted by Gasteiger charge is 2.34. The number of anilines is 1. The Morgan fingerprint density at radius 1 is 1.00 bits per heavy atom. The van der Waals surface area contributed by atoms with Crippen LogP contribution in [-0.4, -0.2) is 34.8 Å². The SMILES string of the molecule is CC(C)c1ccc([C@H](C(=O)NC(C)(C)C)N(C(=O)CNC(=O)c2ccco2)c2cccnc2)cc1. The number of nitrogens with one attached hydrogen (secondary N) is 2. The number of hydrogen-bond donors (Lipinski definition) is 2. The van der Waals surface area contributed by atoms with Gasteiger partial charge in [-0.25, -0.2) is 0 Å². The predicted molar refractivity (Wildman–Crippen MR) is 134 cm³/mol. The number of rotatable bonds is 8. The van der Waals surface area contributed by atoms with Gasteiger partial charge in [-0.05, 0) is 62.1 Å². The normalized spacial score (nSPS) is 12.2. The number of furan rings is 1. The van der Waals surface area contributed by atoms with Gasteiger partial charge in [0.05, 0.1) is 24.7 Å². The van der Waals surface area contributed by atoms with E-state index in [1.54, 1.807) is 24.4 Å². The van der Waals surface area contributed by atoms with Crippen LogP contribution in [0.5, 0.6) is 0 Å². The van der Waals surface area contributed by atoms with E-state index in [9.17, 15) is 14.4 Å². The molecule has 2 N–H and O–H groups in total. The number of hydrogen-bond acceptors (Lipinski definition) is 5. The minimum atomic E-state index is -0.979. The second-order valence-corrected chi connectivity index (χ2v) is 9.60. The third kappa shape index (κ3) is 6.79. The number of pyridine rings is 1. The maximum atomic E-state index is 13.6. The summed E-state index contributed by atoms with van der Waals surface area (Å²) in [6, 6.07) is 13.2. The van der Waals surface area contributed by atoms with Crippen molar-refractivity contribution in [1.29, 1.82) is 0 Å². The molecule has 3 rings (SSSR count). The molecule has 3 amide bonds. The highest BCUT2D eigenvalue weighted by molar-refractivity contribution is 6.04. The zero-order valence-corrected chi connectivity index (χ0v) is 20.7. The lowest BCUT2D eigenvalue weighted by Gasteiger charge is -2.33. The van der Waals surface area contributed by atoms with Crippen LogP contribution in [0.1, 0.15) is 68.3 Å². The summed E-state index contributed by atoms with van der Waals surface area (Å²) in [5.41, 5.74) is 1.68. The zero-order valence-electron chi connectivity index (χ0n) is 20.7. The Hall–Kier alpha value is -3.94. The van der Waals surface area contributed by atoms with Gasteiger partial charge >= 0.3 is 0 Å². The Morgan fingerprint density at radius 3 is 2.23 bits per heavy atom. The van der Waals surface area contributed by atoms with Gasteiger partial charge in [0.15, 0.2) is 5.76 Å². The van der Waals surface area contributed by atoms with Crippen LogP contribution in [0.3, 0.4) is 0 Å². The van der Waals surface area contributed by atoms with Crippen molar-refractivity contribution in [2.75, 3.05) is 11.4 Å². The van der Waals surface area contributed by atoms with Crippen LogP contribution in [0.2, 0.25) is 0 Å². The molecule has 1 atom stereocenters. The molecule has 0 saturated carbocycles. The molecule has 0 unspecified atom stereocenters. The van der Waals surface area contributed by atoms with E-state index in [0.717, 1.165) is 5.56 Å². The summed E-state index contributed by atoms with van der Waals surface area (Å²) in [5, 5.41) is 5.57. The lowest BCUT2D eigenvalue weighted by Crippen LogP contribution is -2.51. The van der Waals surface area contributed by atoms with Crippen LogP contribution in [0.25, 0.3) is 0 Å². The van der Waals surface area contributed by atoms with Crippen molar-refractivity contribution in [3.63, 3.8) is 0 Å². The van der Waals surface area contributed by atoms with Gasteiger partial charge in [0.1, 0.15) is 6.04 Å². The molecule has 0 radical (unpaired) electrons. The number of carbonyl (C=O) groups excluding carboxylic acids is 3. The van der Waals surface area contributed by atoms with E-state index in [-0.39, 0.29) is 18.2 Å². The van der Waals surface area contributed by atoms with Crippen LogP contribution >= 0.6 is 0 Å². The minimum Gasteiger partial charge on any atom is -0.459 e. The smallest absolute Gasteiger partial charge is 0.287 e. The van der Waals surface area contributed by atoms with Gasteiger partial charge in [0.2, 0.25) is 11.8 Å². The Labute approximate surface area is 205 Å². The first-order valence-corrected chi connectivity index (χ1v) is 11.5. The summed E-state index contributed by atoms with van der Waals surface area (Å²) in [4.78, 5) is 45.0. The number of carbonyl (C=O) groups is 3. The maximum Gasteiger partial charge on any atom is 0.287 e. The zero-order chi connectivity index (χ0) is 25.6. The molecular weight excluding hydrogens is 444 g/mol. The lowest BCUT2D eigenvalue weighted by atomic mass is 9.96. The first kappa shape index (κ1) is 25.7. The molecule has 35 heavy (non-hydrogen) atoms. The third-order valence-corrected chi connectivity index (χ3v) is 5.26. The third-order valence-electron chi connectivity index (χ3n) is 5.26. The average Bonchev–Trinajstić information content (AvgIpc) is 3.35. The molecule has 3 aromatic rings. The van der Waals surface area contributed by atoms with Gasteiger partial charge in [-0.3, -0.25) is 24.3 Å². The van der Waals surface area contributed by atoms with Crippen molar-refractivity contribution in [1.82, 2.24) is 15.6 Å². The fourth-order valence-electron chi connectivity index (χ4n) is 3.59. The highest BCUT2D eigenvalue weighted by atomic mass is 16.3. The summed E-state index contributed by atoms with van der Waals surface area (Å²) in [5.74, 6) is -0.925. The standard InChI is InChI=1S/C27H32N4O4/c1-18(2)19-10-12-20(13-11-19)24(26(34)30-27(3,4)5)31(21-8-6-14-28-16-21)23(32)17-29-25(33)22-9-7-15-35-22/h6-16,18,24H,17H2,1-5H3,(H,29,33)(H,30,34)/t24-/m1/s1. The summed E-state index contributed by atoms with van der Waals surface area (Å²) in [6.07, 6.45) is 4.49. The van der Waals surface area contributed by atoms with E-state index >= 15 is 0 Å². The van der Waals surface area contributed by atoms with Gasteiger partial charge in [-0.1, -0.05) is 38.1 Å². The summed E-state index contributed by atoms with van der Waals surface area (Å²) >= 11 is 0. The molecule has 2 aromatic heterocycles. The van der Waals surface area contributed by atoms with E-state index in [0.29, 0.717) is 17.2 Å². The second-order valence-electron chi connectivity index (χ2n) is 9.60. The number of aromatic nitrogens is 1. The van der Waals surface area contributed by atoms with E-state index in [1.165, 1.54) is 23.4 Å². The van der Waals surface area contributed by atoms with E-state index in [1.807, 2.05) is 45.0 Å². The van der Waals surface area contributed by atoms with Crippen LogP contribution in [-0.2, 0) is 9.59 Å². The van der Waals surface area contributed by atoms with Crippen LogP contribution in [0.4, 0.5) is 5.69 Å². The van der Waals surface area contributed by atoms with Crippen molar-refractivity contribution < 1.29 is 18.8 Å². The maximum absolute atomic E-state index is 13.6. The molecule has 0 aliphatic rings. The second kappa shape index (κ2) is 11.0. The first-order valence-electron chi connectivity index (χ1n) is 11.5. The van der Waals surface area contributed by atoms with Gasteiger partial charge < -0.3 is 15.1 Å². The van der Waals surface area contributed by atoms with Crippen molar-refractivity contribution in [3.8, 4) is 0 Å². The molecule has 0 bridgehead atoms. The molecule has 0 aliphatic heterocycles. The summed E-state index contributed by atoms with van der Waals surface area (Å²) in [7, 11) is 0. The van der Waals surface area contributed by atoms with Gasteiger partial charge in [-0.2, -0.15) is 0 Å². The van der Waals surface area contributed by atoms with E-state index in [4.69, 9.17) is 4.42 Å². The lowest BCUT2D eigenvalue weighted by molar-refractivity contribution is -0.127. The predicted octanol–water partition coefficient (Wildman–Crippen LogP) is 4.22. The number of benzene rings is 1. The fourth-order valence-corrected chi connectivity index (χ4v) is 3.59. The molecule has 0 spiro atoms. The molecule has 8 heteroatoms. The molecule has 0 aliphatic carbocycles. The Morgan fingerprint density at radius 2 is 1.69 bits per heavy atom. The minimum absolute atomic E-state index is 0.0945. The van der Waals surface area contributed by atoms with Crippen LogP contribution < -0.4 is 15.5 Å². The molecule has 2 heterocycles.